The van der Waals surface area contributed by atoms with Gasteiger partial charge in [-0.1, -0.05) is 18.2 Å². The predicted molar refractivity (Wildman–Crippen MR) is 82.0 cm³/mol. The van der Waals surface area contributed by atoms with Crippen LogP contribution in [-0.2, 0) is 9.84 Å². The Labute approximate surface area is 121 Å². The summed E-state index contributed by atoms with van der Waals surface area (Å²) in [4.78, 5) is 2.25. The van der Waals surface area contributed by atoms with E-state index >= 15 is 0 Å². The highest BCUT2D eigenvalue weighted by Crippen LogP contribution is 2.32. The van der Waals surface area contributed by atoms with Gasteiger partial charge in [-0.05, 0) is 31.5 Å². The average molecular weight is 294 g/mol. The largest absolute Gasteiger partial charge is 0.385 e. The van der Waals surface area contributed by atoms with Crippen LogP contribution in [0.15, 0.2) is 24.3 Å². The van der Waals surface area contributed by atoms with Crippen molar-refractivity contribution in [3.05, 3.63) is 29.8 Å². The number of benzene rings is 1. The zero-order chi connectivity index (χ0) is 14.2. The van der Waals surface area contributed by atoms with Crippen molar-refractivity contribution in [1.82, 2.24) is 4.90 Å². The van der Waals surface area contributed by atoms with E-state index in [0.29, 0.717) is 17.4 Å². The van der Waals surface area contributed by atoms with Crippen LogP contribution in [0.25, 0.3) is 0 Å². The molecule has 1 aromatic carbocycles. The number of nitrogens with one attached hydrogen (secondary N) is 1. The van der Waals surface area contributed by atoms with Crippen LogP contribution in [0.1, 0.15) is 24.3 Å². The van der Waals surface area contributed by atoms with E-state index in [1.54, 1.807) is 0 Å². The molecule has 110 valence electrons. The number of rotatable bonds is 3. The summed E-state index contributed by atoms with van der Waals surface area (Å²) in [7, 11) is -0.730. The fourth-order valence-corrected chi connectivity index (χ4v) is 5.17. The van der Waals surface area contributed by atoms with Crippen LogP contribution in [0.5, 0.6) is 0 Å². The molecule has 4 nitrogen and oxygen atoms in total. The molecule has 2 atom stereocenters. The fourth-order valence-electron chi connectivity index (χ4n) is 3.36. The molecule has 0 amide bonds. The molecule has 3 rings (SSSR count). The van der Waals surface area contributed by atoms with E-state index in [9.17, 15) is 8.42 Å². The molecular weight excluding hydrogens is 272 g/mol. The molecule has 0 bridgehead atoms. The Kier molecular flexibility index (Phi) is 3.73. The molecule has 2 aliphatic heterocycles. The molecule has 2 aliphatic rings. The van der Waals surface area contributed by atoms with Crippen LogP contribution in [0.2, 0.25) is 0 Å². The number of anilines is 1. The van der Waals surface area contributed by atoms with Crippen LogP contribution in [0.4, 0.5) is 5.69 Å². The summed E-state index contributed by atoms with van der Waals surface area (Å²) in [6, 6.07) is 8.65. The Morgan fingerprint density at radius 1 is 1.30 bits per heavy atom. The number of nitrogens with zero attached hydrogens (tertiary/aromatic N) is 1. The first-order valence-electron chi connectivity index (χ1n) is 7.28. The average Bonchev–Trinajstić information content (AvgIpc) is 2.80. The highest BCUT2D eigenvalue weighted by molar-refractivity contribution is 7.91. The highest BCUT2D eigenvalue weighted by Gasteiger charge is 2.32. The second-order valence-corrected chi connectivity index (χ2v) is 8.22. The van der Waals surface area contributed by atoms with E-state index in [1.807, 2.05) is 0 Å². The first kappa shape index (κ1) is 13.9. The molecule has 2 heterocycles. The van der Waals surface area contributed by atoms with Crippen molar-refractivity contribution < 1.29 is 8.42 Å². The third-order valence-electron chi connectivity index (χ3n) is 4.55. The smallest absolute Gasteiger partial charge is 0.151 e. The van der Waals surface area contributed by atoms with E-state index in [0.717, 1.165) is 25.9 Å². The van der Waals surface area contributed by atoms with Crippen LogP contribution >= 0.6 is 0 Å². The minimum absolute atomic E-state index is 0.196. The van der Waals surface area contributed by atoms with Crippen molar-refractivity contribution in [2.24, 2.45) is 0 Å². The molecule has 0 aliphatic carbocycles. The first-order valence-corrected chi connectivity index (χ1v) is 9.11. The molecule has 0 radical (unpaired) electrons. The number of sulfone groups is 1. The third-order valence-corrected chi connectivity index (χ3v) is 6.30. The van der Waals surface area contributed by atoms with Crippen molar-refractivity contribution in [3.63, 3.8) is 0 Å². The zero-order valence-corrected chi connectivity index (χ0v) is 12.7. The van der Waals surface area contributed by atoms with Gasteiger partial charge in [0.05, 0.1) is 11.5 Å². The van der Waals surface area contributed by atoms with E-state index in [-0.39, 0.29) is 6.04 Å². The van der Waals surface area contributed by atoms with Gasteiger partial charge in [-0.25, -0.2) is 8.42 Å². The maximum absolute atomic E-state index is 11.6. The summed E-state index contributed by atoms with van der Waals surface area (Å²) < 4.78 is 23.2. The lowest BCUT2D eigenvalue weighted by atomic mass is 9.90. The lowest BCUT2D eigenvalue weighted by molar-refractivity contribution is 0.242. The molecule has 20 heavy (non-hydrogen) atoms. The number of likely N-dealkylation sites (N-methyl/N-ethyl adjacent to an activating group) is 1. The van der Waals surface area contributed by atoms with Gasteiger partial charge < -0.3 is 10.2 Å². The summed E-state index contributed by atoms with van der Waals surface area (Å²) in [5, 5.41) is 3.43. The summed E-state index contributed by atoms with van der Waals surface area (Å²) in [5.74, 6) is 1.18. The van der Waals surface area contributed by atoms with Gasteiger partial charge in [0.2, 0.25) is 0 Å². The van der Waals surface area contributed by atoms with Crippen molar-refractivity contribution >= 4 is 15.5 Å². The van der Waals surface area contributed by atoms with Crippen molar-refractivity contribution in [1.29, 1.82) is 0 Å². The molecule has 5 heteroatoms. The van der Waals surface area contributed by atoms with Gasteiger partial charge in [0.15, 0.2) is 9.84 Å². The van der Waals surface area contributed by atoms with Crippen LogP contribution < -0.4 is 5.32 Å². The Morgan fingerprint density at radius 2 is 2.10 bits per heavy atom. The molecule has 1 fully saturated rings. The van der Waals surface area contributed by atoms with Gasteiger partial charge in [-0.15, -0.1) is 0 Å². The van der Waals surface area contributed by atoms with Crippen molar-refractivity contribution in [2.75, 3.05) is 37.0 Å². The van der Waals surface area contributed by atoms with Gasteiger partial charge in [0, 0.05) is 30.7 Å². The van der Waals surface area contributed by atoms with Crippen molar-refractivity contribution in [3.8, 4) is 0 Å². The van der Waals surface area contributed by atoms with E-state index in [1.165, 1.54) is 11.3 Å². The van der Waals surface area contributed by atoms with Gasteiger partial charge >= 0.3 is 0 Å². The Hall–Kier alpha value is -1.07. The van der Waals surface area contributed by atoms with Crippen molar-refractivity contribution in [2.45, 2.75) is 24.8 Å². The molecule has 1 N–H and O–H groups in total. The molecule has 0 saturated carbocycles. The van der Waals surface area contributed by atoms with Crippen LogP contribution in [-0.4, -0.2) is 51.0 Å². The standard InChI is InChI=1S/C15H22N2O2S/c1-17(13-7-9-20(18,19)11-13)10-12-6-8-16-15-5-3-2-4-14(12)15/h2-5,12-13,16H,6-11H2,1H3. The number of hydrogen-bond acceptors (Lipinski definition) is 4. The van der Waals surface area contributed by atoms with Gasteiger partial charge in [0.25, 0.3) is 0 Å². The lowest BCUT2D eigenvalue weighted by Crippen LogP contribution is -2.37. The maximum atomic E-state index is 11.6. The van der Waals surface area contributed by atoms with Crippen LogP contribution in [0.3, 0.4) is 0 Å². The molecule has 0 aromatic heterocycles. The van der Waals surface area contributed by atoms with Gasteiger partial charge in [-0.3, -0.25) is 0 Å². The minimum Gasteiger partial charge on any atom is -0.385 e. The summed E-state index contributed by atoms with van der Waals surface area (Å²) in [6.07, 6.45) is 1.90. The maximum Gasteiger partial charge on any atom is 0.151 e. The quantitative estimate of drug-likeness (QED) is 0.922. The summed E-state index contributed by atoms with van der Waals surface area (Å²) in [6.45, 7) is 1.94. The lowest BCUT2D eigenvalue weighted by Gasteiger charge is -2.32. The highest BCUT2D eigenvalue weighted by atomic mass is 32.2. The molecule has 0 spiro atoms. The van der Waals surface area contributed by atoms with E-state index in [2.05, 4.69) is 41.5 Å². The molecular formula is C15H22N2O2S. The predicted octanol–water partition coefficient (Wildman–Crippen LogP) is 1.70. The van der Waals surface area contributed by atoms with E-state index in [4.69, 9.17) is 0 Å². The Bertz CT molecular complexity index is 585. The molecule has 1 saturated heterocycles. The number of para-hydroxylation sites is 1. The van der Waals surface area contributed by atoms with Crippen LogP contribution in [0, 0.1) is 0 Å². The topological polar surface area (TPSA) is 49.4 Å². The summed E-state index contributed by atoms with van der Waals surface area (Å²) >= 11 is 0. The molecule has 1 aromatic rings. The Balaban J connectivity index is 1.70. The number of hydrogen-bond donors (Lipinski definition) is 1. The minimum atomic E-state index is -2.80. The second-order valence-electron chi connectivity index (χ2n) is 6.00. The SMILES string of the molecule is CN(CC1CCNc2ccccc21)C1CCS(=O)(=O)C1. The zero-order valence-electron chi connectivity index (χ0n) is 11.9. The summed E-state index contributed by atoms with van der Waals surface area (Å²) in [5.41, 5.74) is 2.60. The van der Waals surface area contributed by atoms with E-state index < -0.39 is 9.84 Å². The normalized spacial score (nSPS) is 28.1. The fraction of sp³-hybridized carbons (Fsp3) is 0.600. The van der Waals surface area contributed by atoms with Gasteiger partial charge in [-0.2, -0.15) is 0 Å². The first-order chi connectivity index (χ1) is 9.55. The second kappa shape index (κ2) is 5.37. The van der Waals surface area contributed by atoms with Gasteiger partial charge in [0.1, 0.15) is 0 Å². The third kappa shape index (κ3) is 2.83. The monoisotopic (exact) mass is 294 g/mol. The Morgan fingerprint density at radius 3 is 2.85 bits per heavy atom. The molecule has 2 unspecified atom stereocenters. The number of fused-ring (bicyclic) bond motifs is 1.